The molecule has 2 heteroatoms. The third-order valence-corrected chi connectivity index (χ3v) is 3.26. The van der Waals surface area contributed by atoms with Crippen LogP contribution in [0.2, 0.25) is 5.02 Å². The Hall–Kier alpha value is -1.31. The monoisotopic (exact) mass is 246 g/mol. The molecule has 1 unspecified atom stereocenters. The molecule has 0 amide bonds. The van der Waals surface area contributed by atoms with E-state index >= 15 is 0 Å². The largest absolute Gasteiger partial charge is 0.384 e. The first-order valence-corrected chi connectivity index (χ1v) is 5.97. The van der Waals surface area contributed by atoms with Gasteiger partial charge in [0.2, 0.25) is 0 Å². The summed E-state index contributed by atoms with van der Waals surface area (Å²) in [6.45, 7) is 4.04. The number of hydrogen-bond acceptors (Lipinski definition) is 1. The van der Waals surface area contributed by atoms with Gasteiger partial charge in [0.15, 0.2) is 0 Å². The number of benzene rings is 2. The highest BCUT2D eigenvalue weighted by Crippen LogP contribution is 2.29. The van der Waals surface area contributed by atoms with Crippen molar-refractivity contribution in [1.82, 2.24) is 0 Å². The summed E-state index contributed by atoms with van der Waals surface area (Å²) in [7, 11) is 0. The molecule has 0 fully saturated rings. The van der Waals surface area contributed by atoms with E-state index in [-0.39, 0.29) is 0 Å². The molecule has 0 saturated carbocycles. The van der Waals surface area contributed by atoms with E-state index in [4.69, 9.17) is 11.6 Å². The van der Waals surface area contributed by atoms with E-state index in [0.29, 0.717) is 5.02 Å². The van der Waals surface area contributed by atoms with Crippen molar-refractivity contribution in [2.45, 2.75) is 20.0 Å². The average Bonchev–Trinajstić information content (AvgIpc) is 2.29. The van der Waals surface area contributed by atoms with Gasteiger partial charge in [-0.15, -0.1) is 0 Å². The number of aryl methyl sites for hydroxylation is 2. The van der Waals surface area contributed by atoms with Crippen LogP contribution in [0.3, 0.4) is 0 Å². The SMILES string of the molecule is Cc1ccc(C(O)c2ccccc2Cl)c(C)c1. The quantitative estimate of drug-likeness (QED) is 0.848. The summed E-state index contributed by atoms with van der Waals surface area (Å²) in [5, 5.41) is 11.0. The van der Waals surface area contributed by atoms with Gasteiger partial charge in [-0.05, 0) is 31.0 Å². The molecule has 0 radical (unpaired) electrons. The molecule has 0 aliphatic carbocycles. The highest BCUT2D eigenvalue weighted by molar-refractivity contribution is 6.31. The van der Waals surface area contributed by atoms with Crippen LogP contribution in [-0.4, -0.2) is 5.11 Å². The van der Waals surface area contributed by atoms with Crippen molar-refractivity contribution in [3.8, 4) is 0 Å². The number of aliphatic hydroxyl groups excluding tert-OH is 1. The second-order valence-corrected chi connectivity index (χ2v) is 4.69. The lowest BCUT2D eigenvalue weighted by molar-refractivity contribution is 0.219. The fourth-order valence-corrected chi connectivity index (χ4v) is 2.24. The maximum atomic E-state index is 10.4. The Balaban J connectivity index is 2.44. The molecule has 1 N–H and O–H groups in total. The molecule has 0 heterocycles. The van der Waals surface area contributed by atoms with Crippen LogP contribution in [0.25, 0.3) is 0 Å². The Morgan fingerprint density at radius 2 is 1.71 bits per heavy atom. The van der Waals surface area contributed by atoms with Crippen LogP contribution in [-0.2, 0) is 0 Å². The number of hydrogen-bond donors (Lipinski definition) is 1. The van der Waals surface area contributed by atoms with E-state index in [1.54, 1.807) is 6.07 Å². The molecule has 0 bridgehead atoms. The predicted molar refractivity (Wildman–Crippen MR) is 71.4 cm³/mol. The van der Waals surface area contributed by atoms with Crippen LogP contribution in [0.15, 0.2) is 42.5 Å². The van der Waals surface area contributed by atoms with Crippen LogP contribution < -0.4 is 0 Å². The summed E-state index contributed by atoms with van der Waals surface area (Å²) in [6, 6.07) is 13.4. The molecule has 2 aromatic rings. The molecule has 0 aliphatic heterocycles. The summed E-state index contributed by atoms with van der Waals surface area (Å²) in [5.41, 5.74) is 3.93. The van der Waals surface area contributed by atoms with Gasteiger partial charge in [0.05, 0.1) is 0 Å². The summed E-state index contributed by atoms with van der Waals surface area (Å²) < 4.78 is 0. The summed E-state index contributed by atoms with van der Waals surface area (Å²) in [4.78, 5) is 0. The van der Waals surface area contributed by atoms with Gasteiger partial charge in [0.1, 0.15) is 6.10 Å². The normalized spacial score (nSPS) is 12.5. The zero-order valence-electron chi connectivity index (χ0n) is 9.94. The maximum Gasteiger partial charge on any atom is 0.106 e. The van der Waals surface area contributed by atoms with E-state index < -0.39 is 6.10 Å². The standard InChI is InChI=1S/C15H15ClO/c1-10-7-8-12(11(2)9-10)15(17)13-5-3-4-6-14(13)16/h3-9,15,17H,1-2H3. The van der Waals surface area contributed by atoms with Gasteiger partial charge < -0.3 is 5.11 Å². The number of rotatable bonds is 2. The summed E-state index contributed by atoms with van der Waals surface area (Å²) >= 11 is 6.09. The van der Waals surface area contributed by atoms with E-state index in [2.05, 4.69) is 6.07 Å². The van der Waals surface area contributed by atoms with Crippen molar-refractivity contribution < 1.29 is 5.11 Å². The summed E-state index contributed by atoms with van der Waals surface area (Å²) in [6.07, 6.45) is -0.663. The zero-order chi connectivity index (χ0) is 12.4. The second-order valence-electron chi connectivity index (χ2n) is 4.28. The minimum Gasteiger partial charge on any atom is -0.384 e. The van der Waals surface area contributed by atoms with Crippen molar-refractivity contribution in [2.24, 2.45) is 0 Å². The van der Waals surface area contributed by atoms with E-state index in [9.17, 15) is 5.11 Å². The smallest absolute Gasteiger partial charge is 0.106 e. The van der Waals surface area contributed by atoms with Gasteiger partial charge in [-0.25, -0.2) is 0 Å². The maximum absolute atomic E-state index is 10.4. The van der Waals surface area contributed by atoms with Gasteiger partial charge in [-0.1, -0.05) is 53.6 Å². The van der Waals surface area contributed by atoms with E-state index in [1.807, 2.05) is 44.2 Å². The van der Waals surface area contributed by atoms with Gasteiger partial charge >= 0.3 is 0 Å². The van der Waals surface area contributed by atoms with Crippen molar-refractivity contribution in [2.75, 3.05) is 0 Å². The first-order valence-electron chi connectivity index (χ1n) is 5.59. The molecule has 1 nitrogen and oxygen atoms in total. The Labute approximate surface area is 107 Å². The zero-order valence-corrected chi connectivity index (χ0v) is 10.7. The minimum absolute atomic E-state index is 0.597. The first kappa shape index (κ1) is 12.2. The van der Waals surface area contributed by atoms with Crippen molar-refractivity contribution >= 4 is 11.6 Å². The first-order chi connectivity index (χ1) is 8.09. The molecular formula is C15H15ClO. The molecule has 2 aromatic carbocycles. The van der Waals surface area contributed by atoms with Crippen molar-refractivity contribution in [3.05, 3.63) is 69.7 Å². The van der Waals surface area contributed by atoms with Crippen molar-refractivity contribution in [1.29, 1.82) is 0 Å². The van der Waals surface area contributed by atoms with Crippen LogP contribution >= 0.6 is 11.6 Å². The Morgan fingerprint density at radius 3 is 2.35 bits per heavy atom. The Bertz CT molecular complexity index is 534. The minimum atomic E-state index is -0.663. The lowest BCUT2D eigenvalue weighted by atomic mass is 9.96. The fraction of sp³-hybridized carbons (Fsp3) is 0.200. The molecular weight excluding hydrogens is 232 g/mol. The van der Waals surface area contributed by atoms with Crippen molar-refractivity contribution in [3.63, 3.8) is 0 Å². The third-order valence-electron chi connectivity index (χ3n) is 2.92. The third kappa shape index (κ3) is 2.51. The van der Waals surface area contributed by atoms with E-state index in [0.717, 1.165) is 16.7 Å². The molecule has 2 rings (SSSR count). The fourth-order valence-electron chi connectivity index (χ4n) is 2.00. The molecule has 1 atom stereocenters. The lowest BCUT2D eigenvalue weighted by Gasteiger charge is -2.15. The van der Waals surface area contributed by atoms with Gasteiger partial charge in [0.25, 0.3) is 0 Å². The lowest BCUT2D eigenvalue weighted by Crippen LogP contribution is -2.02. The Kier molecular flexibility index (Phi) is 3.51. The highest BCUT2D eigenvalue weighted by Gasteiger charge is 2.15. The molecule has 0 aliphatic rings. The van der Waals surface area contributed by atoms with Crippen LogP contribution in [0.4, 0.5) is 0 Å². The molecule has 0 saturated heterocycles. The number of aliphatic hydroxyl groups is 1. The molecule has 17 heavy (non-hydrogen) atoms. The Morgan fingerprint density at radius 1 is 1.00 bits per heavy atom. The van der Waals surface area contributed by atoms with Gasteiger partial charge in [0, 0.05) is 10.6 Å². The predicted octanol–water partition coefficient (Wildman–Crippen LogP) is 4.04. The van der Waals surface area contributed by atoms with E-state index in [1.165, 1.54) is 5.56 Å². The molecule has 88 valence electrons. The van der Waals surface area contributed by atoms with Gasteiger partial charge in [-0.2, -0.15) is 0 Å². The van der Waals surface area contributed by atoms with Gasteiger partial charge in [-0.3, -0.25) is 0 Å². The molecule has 0 spiro atoms. The van der Waals surface area contributed by atoms with Crippen LogP contribution in [0.1, 0.15) is 28.4 Å². The number of halogens is 1. The van der Waals surface area contributed by atoms with Crippen LogP contribution in [0, 0.1) is 13.8 Å². The topological polar surface area (TPSA) is 20.2 Å². The second kappa shape index (κ2) is 4.91. The average molecular weight is 247 g/mol. The van der Waals surface area contributed by atoms with Crippen LogP contribution in [0.5, 0.6) is 0 Å². The molecule has 0 aromatic heterocycles. The summed E-state index contributed by atoms with van der Waals surface area (Å²) in [5.74, 6) is 0. The highest BCUT2D eigenvalue weighted by atomic mass is 35.5.